The maximum absolute atomic E-state index is 13.5. The molecular formula is C17H23FN2O2. The topological polar surface area (TPSA) is 41.6 Å². The molecule has 1 unspecified atom stereocenters. The van der Waals surface area contributed by atoms with Gasteiger partial charge in [-0.1, -0.05) is 6.07 Å². The van der Waals surface area contributed by atoms with Gasteiger partial charge in [-0.05, 0) is 63.4 Å². The highest BCUT2D eigenvalue weighted by molar-refractivity contribution is 5.87. The Labute approximate surface area is 130 Å². The average Bonchev–Trinajstić information content (AvgIpc) is 3.08. The minimum absolute atomic E-state index is 0.110. The maximum Gasteiger partial charge on any atom is 0.240 e. The normalized spacial score (nSPS) is 21.4. The molecule has 0 saturated carbocycles. The number of nitrogens with zero attached hydrogens (tertiary/aromatic N) is 1. The van der Waals surface area contributed by atoms with Gasteiger partial charge in [0, 0.05) is 0 Å². The van der Waals surface area contributed by atoms with Gasteiger partial charge in [-0.2, -0.15) is 0 Å². The van der Waals surface area contributed by atoms with Gasteiger partial charge in [0.2, 0.25) is 5.91 Å². The summed E-state index contributed by atoms with van der Waals surface area (Å²) >= 11 is 0. The number of carbonyl (C=O) groups excluding carboxylic acids is 1. The lowest BCUT2D eigenvalue weighted by Crippen LogP contribution is -2.52. The van der Waals surface area contributed by atoms with Crippen LogP contribution in [0.4, 0.5) is 4.39 Å². The van der Waals surface area contributed by atoms with E-state index in [4.69, 9.17) is 4.74 Å². The van der Waals surface area contributed by atoms with E-state index in [0.29, 0.717) is 0 Å². The minimum atomic E-state index is -0.388. The highest BCUT2D eigenvalue weighted by Gasteiger charge is 2.50. The zero-order chi connectivity index (χ0) is 15.7. The van der Waals surface area contributed by atoms with Crippen molar-refractivity contribution in [3.05, 3.63) is 29.6 Å². The molecule has 0 aliphatic carbocycles. The van der Waals surface area contributed by atoms with Crippen molar-refractivity contribution < 1.29 is 13.9 Å². The van der Waals surface area contributed by atoms with Gasteiger partial charge in [-0.15, -0.1) is 0 Å². The van der Waals surface area contributed by atoms with Gasteiger partial charge in [-0.25, -0.2) is 4.39 Å². The third kappa shape index (κ3) is 2.47. The lowest BCUT2D eigenvalue weighted by molar-refractivity contribution is -0.131. The molecule has 0 spiro atoms. The second-order valence-electron chi connectivity index (χ2n) is 6.31. The minimum Gasteiger partial charge on any atom is -0.494 e. The van der Waals surface area contributed by atoms with Gasteiger partial charge in [0.05, 0.1) is 13.2 Å². The van der Waals surface area contributed by atoms with Crippen LogP contribution in [-0.4, -0.2) is 36.5 Å². The third-order valence-corrected chi connectivity index (χ3v) is 5.09. The van der Waals surface area contributed by atoms with Gasteiger partial charge in [0.25, 0.3) is 0 Å². The van der Waals surface area contributed by atoms with Crippen molar-refractivity contribution in [1.82, 2.24) is 10.2 Å². The molecule has 22 heavy (non-hydrogen) atoms. The molecule has 4 nitrogen and oxygen atoms in total. The van der Waals surface area contributed by atoms with Gasteiger partial charge in [-0.3, -0.25) is 9.69 Å². The Bertz CT molecular complexity index is 566. The first-order valence-electron chi connectivity index (χ1n) is 7.96. The van der Waals surface area contributed by atoms with Crippen LogP contribution in [0.15, 0.2) is 18.2 Å². The molecule has 2 heterocycles. The van der Waals surface area contributed by atoms with Gasteiger partial charge in [0.1, 0.15) is 5.54 Å². The van der Waals surface area contributed by atoms with E-state index >= 15 is 0 Å². The summed E-state index contributed by atoms with van der Waals surface area (Å²) in [7, 11) is 1.44. The molecule has 0 bridgehead atoms. The van der Waals surface area contributed by atoms with E-state index in [1.807, 2.05) is 6.92 Å². The first-order chi connectivity index (χ1) is 10.6. The fourth-order valence-electron chi connectivity index (χ4n) is 3.84. The number of hydrogen-bond donors (Lipinski definition) is 1. The van der Waals surface area contributed by atoms with Crippen LogP contribution in [0.1, 0.15) is 44.2 Å². The number of hydrogen-bond acceptors (Lipinski definition) is 3. The quantitative estimate of drug-likeness (QED) is 0.930. The first-order valence-corrected chi connectivity index (χ1v) is 7.96. The monoisotopic (exact) mass is 306 g/mol. The van der Waals surface area contributed by atoms with Crippen molar-refractivity contribution in [2.24, 2.45) is 0 Å². The summed E-state index contributed by atoms with van der Waals surface area (Å²) in [5.41, 5.74) is 0.545. The van der Waals surface area contributed by atoms with E-state index < -0.39 is 0 Å². The second-order valence-corrected chi connectivity index (χ2v) is 6.31. The molecular weight excluding hydrogens is 283 g/mol. The number of nitrogens with one attached hydrogen (secondary N) is 1. The Balaban J connectivity index is 1.74. The number of ether oxygens (including phenoxy) is 1. The molecule has 2 fully saturated rings. The van der Waals surface area contributed by atoms with Crippen LogP contribution < -0.4 is 10.1 Å². The van der Waals surface area contributed by atoms with E-state index in [0.717, 1.165) is 44.3 Å². The zero-order valence-electron chi connectivity index (χ0n) is 13.2. The van der Waals surface area contributed by atoms with Crippen LogP contribution in [-0.2, 0) is 4.79 Å². The molecule has 5 heteroatoms. The average molecular weight is 306 g/mol. The van der Waals surface area contributed by atoms with Gasteiger partial charge < -0.3 is 10.1 Å². The Kier molecular flexibility index (Phi) is 4.08. The Morgan fingerprint density at radius 3 is 2.68 bits per heavy atom. The Morgan fingerprint density at radius 1 is 1.36 bits per heavy atom. The molecule has 1 amide bonds. The number of methoxy groups -OCH3 is 1. The zero-order valence-corrected chi connectivity index (χ0v) is 13.2. The summed E-state index contributed by atoms with van der Waals surface area (Å²) < 4.78 is 18.5. The predicted octanol–water partition coefficient (Wildman–Crippen LogP) is 2.64. The second kappa shape index (κ2) is 5.88. The standard InChI is InChI=1S/C17H23FN2O2/c1-12(13-5-6-14(18)15(11-13)22-2)19-16(21)17-7-3-9-20(17)10-4-8-17/h5-6,11-12H,3-4,7-10H2,1-2H3,(H,19,21). The van der Waals surface area contributed by atoms with Crippen LogP contribution >= 0.6 is 0 Å². The van der Waals surface area contributed by atoms with E-state index in [-0.39, 0.29) is 29.1 Å². The molecule has 1 N–H and O–H groups in total. The number of amides is 1. The first kappa shape index (κ1) is 15.3. The summed E-state index contributed by atoms with van der Waals surface area (Å²) in [4.78, 5) is 15.1. The van der Waals surface area contributed by atoms with E-state index in [1.165, 1.54) is 13.2 Å². The molecule has 0 radical (unpaired) electrons. The molecule has 3 rings (SSSR count). The molecule has 2 aliphatic heterocycles. The SMILES string of the molecule is COc1cc(C(C)NC(=O)C23CCCN2CCC3)ccc1F. The number of benzene rings is 1. The van der Waals surface area contributed by atoms with Crippen molar-refractivity contribution in [2.45, 2.75) is 44.2 Å². The molecule has 0 aromatic heterocycles. The smallest absolute Gasteiger partial charge is 0.240 e. The molecule has 1 aromatic carbocycles. The fourth-order valence-corrected chi connectivity index (χ4v) is 3.84. The number of rotatable bonds is 4. The highest BCUT2D eigenvalue weighted by atomic mass is 19.1. The van der Waals surface area contributed by atoms with Crippen molar-refractivity contribution in [3.8, 4) is 5.75 Å². The molecule has 2 aliphatic rings. The number of halogens is 1. The van der Waals surface area contributed by atoms with Crippen molar-refractivity contribution in [3.63, 3.8) is 0 Å². The lowest BCUT2D eigenvalue weighted by Gasteiger charge is -2.32. The summed E-state index contributed by atoms with van der Waals surface area (Å²) in [6, 6.07) is 4.56. The van der Waals surface area contributed by atoms with Crippen LogP contribution in [0.2, 0.25) is 0 Å². The third-order valence-electron chi connectivity index (χ3n) is 5.09. The van der Waals surface area contributed by atoms with E-state index in [2.05, 4.69) is 10.2 Å². The van der Waals surface area contributed by atoms with Crippen LogP contribution in [0.3, 0.4) is 0 Å². The Morgan fingerprint density at radius 2 is 2.05 bits per heavy atom. The molecule has 2 saturated heterocycles. The summed E-state index contributed by atoms with van der Waals surface area (Å²) in [5.74, 6) is -0.0699. The molecule has 1 atom stereocenters. The summed E-state index contributed by atoms with van der Waals surface area (Å²) in [6.45, 7) is 3.97. The highest BCUT2D eigenvalue weighted by Crippen LogP contribution is 2.39. The molecule has 1 aromatic rings. The molecule has 120 valence electrons. The number of fused-ring (bicyclic) bond motifs is 1. The maximum atomic E-state index is 13.5. The predicted molar refractivity (Wildman–Crippen MR) is 82.3 cm³/mol. The largest absolute Gasteiger partial charge is 0.494 e. The van der Waals surface area contributed by atoms with Crippen LogP contribution in [0.25, 0.3) is 0 Å². The van der Waals surface area contributed by atoms with Crippen LogP contribution in [0, 0.1) is 5.82 Å². The fraction of sp³-hybridized carbons (Fsp3) is 0.588. The number of carbonyl (C=O) groups is 1. The van der Waals surface area contributed by atoms with Crippen molar-refractivity contribution >= 4 is 5.91 Å². The Hall–Kier alpha value is -1.62. The van der Waals surface area contributed by atoms with Gasteiger partial charge in [0.15, 0.2) is 11.6 Å². The van der Waals surface area contributed by atoms with E-state index in [9.17, 15) is 9.18 Å². The van der Waals surface area contributed by atoms with Crippen molar-refractivity contribution in [1.29, 1.82) is 0 Å². The lowest BCUT2D eigenvalue weighted by atomic mass is 9.92. The van der Waals surface area contributed by atoms with Crippen molar-refractivity contribution in [2.75, 3.05) is 20.2 Å². The van der Waals surface area contributed by atoms with E-state index in [1.54, 1.807) is 12.1 Å². The summed E-state index contributed by atoms with van der Waals surface area (Å²) in [5, 5.41) is 3.11. The van der Waals surface area contributed by atoms with Gasteiger partial charge >= 0.3 is 0 Å². The summed E-state index contributed by atoms with van der Waals surface area (Å²) in [6.07, 6.45) is 4.06. The van der Waals surface area contributed by atoms with Crippen LogP contribution in [0.5, 0.6) is 5.75 Å².